The number of rotatable bonds is 2. The van der Waals surface area contributed by atoms with Crippen LogP contribution in [0.1, 0.15) is 11.3 Å². The van der Waals surface area contributed by atoms with E-state index in [1.54, 1.807) is 16.9 Å². The second-order valence-electron chi connectivity index (χ2n) is 3.45. The van der Waals surface area contributed by atoms with E-state index in [0.29, 0.717) is 6.54 Å². The molecule has 0 saturated heterocycles. The van der Waals surface area contributed by atoms with Gasteiger partial charge in [-0.15, -0.1) is 0 Å². The molecule has 0 fully saturated rings. The van der Waals surface area contributed by atoms with Crippen LogP contribution in [-0.4, -0.2) is 14.3 Å². The van der Waals surface area contributed by atoms with Crippen molar-refractivity contribution in [1.82, 2.24) is 14.3 Å². The molecule has 5 nitrogen and oxygen atoms in total. The summed E-state index contributed by atoms with van der Waals surface area (Å²) in [6.45, 7) is 0.384. The average molecular weight is 214 g/mol. The predicted octanol–water partition coefficient (Wildman–Crippen LogP) is 0.502. The van der Waals surface area contributed by atoms with E-state index < -0.39 is 0 Å². The van der Waals surface area contributed by atoms with Crippen molar-refractivity contribution in [2.75, 3.05) is 0 Å². The zero-order chi connectivity index (χ0) is 11.5. The summed E-state index contributed by atoms with van der Waals surface area (Å²) < 4.78 is 3.15. The average Bonchev–Trinajstić information content (AvgIpc) is 2.67. The van der Waals surface area contributed by atoms with Crippen molar-refractivity contribution in [2.45, 2.75) is 6.54 Å². The fourth-order valence-corrected chi connectivity index (χ4v) is 1.47. The van der Waals surface area contributed by atoms with Crippen LogP contribution in [0.2, 0.25) is 0 Å². The maximum Gasteiger partial charge on any atom is 0.268 e. The smallest absolute Gasteiger partial charge is 0.268 e. The van der Waals surface area contributed by atoms with E-state index >= 15 is 0 Å². The van der Waals surface area contributed by atoms with Crippen LogP contribution in [0.4, 0.5) is 0 Å². The van der Waals surface area contributed by atoms with E-state index in [1.807, 2.05) is 25.4 Å². The predicted molar refractivity (Wildman–Crippen MR) is 57.7 cm³/mol. The summed E-state index contributed by atoms with van der Waals surface area (Å²) in [6, 6.07) is 6.90. The van der Waals surface area contributed by atoms with Gasteiger partial charge < -0.3 is 4.57 Å². The second-order valence-corrected chi connectivity index (χ2v) is 3.45. The summed E-state index contributed by atoms with van der Waals surface area (Å²) in [5.74, 6) is 0. The van der Waals surface area contributed by atoms with Gasteiger partial charge >= 0.3 is 0 Å². The number of pyridine rings is 1. The molecule has 0 radical (unpaired) electrons. The monoisotopic (exact) mass is 214 g/mol. The van der Waals surface area contributed by atoms with Crippen molar-refractivity contribution in [3.8, 4) is 6.07 Å². The van der Waals surface area contributed by atoms with Crippen LogP contribution in [0.15, 0.2) is 35.4 Å². The minimum atomic E-state index is -0.282. The first-order valence-corrected chi connectivity index (χ1v) is 4.79. The van der Waals surface area contributed by atoms with Gasteiger partial charge in [0.15, 0.2) is 0 Å². The van der Waals surface area contributed by atoms with Crippen molar-refractivity contribution in [1.29, 1.82) is 5.26 Å². The van der Waals surface area contributed by atoms with Crippen LogP contribution in [0.5, 0.6) is 0 Å². The fourth-order valence-electron chi connectivity index (χ4n) is 1.47. The Kier molecular flexibility index (Phi) is 2.56. The van der Waals surface area contributed by atoms with Gasteiger partial charge in [0.25, 0.3) is 5.56 Å². The largest absolute Gasteiger partial charge is 0.308 e. The van der Waals surface area contributed by atoms with E-state index in [1.165, 1.54) is 10.6 Å². The molecule has 0 aromatic carbocycles. The Morgan fingerprint density at radius 3 is 2.88 bits per heavy atom. The summed E-state index contributed by atoms with van der Waals surface area (Å²) in [6.07, 6.45) is 3.46. The summed E-state index contributed by atoms with van der Waals surface area (Å²) in [5, 5.41) is 12.9. The molecular weight excluding hydrogens is 204 g/mol. The lowest BCUT2D eigenvalue weighted by Crippen LogP contribution is -2.22. The number of aryl methyl sites for hydroxylation is 1. The molecule has 2 aromatic heterocycles. The van der Waals surface area contributed by atoms with Crippen molar-refractivity contribution in [3.05, 3.63) is 52.2 Å². The van der Waals surface area contributed by atoms with Gasteiger partial charge in [-0.05, 0) is 18.2 Å². The van der Waals surface area contributed by atoms with E-state index in [4.69, 9.17) is 5.26 Å². The first-order valence-electron chi connectivity index (χ1n) is 4.79. The van der Waals surface area contributed by atoms with Gasteiger partial charge in [-0.25, -0.2) is 0 Å². The normalized spacial score (nSPS) is 10.0. The Hall–Kier alpha value is -2.35. The van der Waals surface area contributed by atoms with Gasteiger partial charge in [0, 0.05) is 19.4 Å². The quantitative estimate of drug-likeness (QED) is 0.731. The standard InChI is InChI=1S/C11H10N4O/c1-14-6-4-10(13-14)8-15-5-2-3-9(7-12)11(15)16/h2-6H,8H2,1H3. The lowest BCUT2D eigenvalue weighted by molar-refractivity contribution is 0.690. The molecule has 80 valence electrons. The molecule has 0 unspecified atom stereocenters. The van der Waals surface area contributed by atoms with E-state index in [2.05, 4.69) is 5.10 Å². The molecular formula is C11H10N4O. The summed E-state index contributed by atoms with van der Waals surface area (Å²) in [7, 11) is 1.82. The molecule has 5 heteroatoms. The van der Waals surface area contributed by atoms with Crippen LogP contribution >= 0.6 is 0 Å². The maximum atomic E-state index is 11.7. The molecule has 0 aliphatic carbocycles. The fraction of sp³-hybridized carbons (Fsp3) is 0.182. The number of hydrogen-bond acceptors (Lipinski definition) is 3. The molecule has 2 aromatic rings. The molecule has 2 heterocycles. The number of nitriles is 1. The molecule has 2 rings (SSSR count). The van der Waals surface area contributed by atoms with Crippen molar-refractivity contribution < 1.29 is 0 Å². The molecule has 0 atom stereocenters. The third-order valence-corrected chi connectivity index (χ3v) is 2.24. The van der Waals surface area contributed by atoms with Crippen LogP contribution in [0, 0.1) is 11.3 Å². The zero-order valence-electron chi connectivity index (χ0n) is 8.79. The van der Waals surface area contributed by atoms with Crippen molar-refractivity contribution in [2.24, 2.45) is 7.05 Å². The van der Waals surface area contributed by atoms with Gasteiger partial charge in [0.2, 0.25) is 0 Å². The van der Waals surface area contributed by atoms with Crippen LogP contribution < -0.4 is 5.56 Å². The molecule has 16 heavy (non-hydrogen) atoms. The zero-order valence-corrected chi connectivity index (χ0v) is 8.79. The highest BCUT2D eigenvalue weighted by molar-refractivity contribution is 5.25. The molecule has 0 aliphatic rings. The van der Waals surface area contributed by atoms with Gasteiger partial charge in [0.1, 0.15) is 11.6 Å². The summed E-state index contributed by atoms with van der Waals surface area (Å²) in [5.41, 5.74) is 0.661. The highest BCUT2D eigenvalue weighted by Crippen LogP contribution is 1.97. The maximum absolute atomic E-state index is 11.7. The Morgan fingerprint density at radius 1 is 1.44 bits per heavy atom. The van der Waals surface area contributed by atoms with Crippen LogP contribution in [0.25, 0.3) is 0 Å². The van der Waals surface area contributed by atoms with Gasteiger partial charge in [0.05, 0.1) is 12.2 Å². The highest BCUT2D eigenvalue weighted by Gasteiger charge is 2.04. The van der Waals surface area contributed by atoms with E-state index in [-0.39, 0.29) is 11.1 Å². The minimum absolute atomic E-state index is 0.151. The van der Waals surface area contributed by atoms with Gasteiger partial charge in [-0.1, -0.05) is 0 Å². The number of hydrogen-bond donors (Lipinski definition) is 0. The SMILES string of the molecule is Cn1ccc(Cn2cccc(C#N)c2=O)n1. The number of nitrogens with zero attached hydrogens (tertiary/aromatic N) is 4. The lowest BCUT2D eigenvalue weighted by Gasteiger charge is -2.02. The van der Waals surface area contributed by atoms with Crippen LogP contribution in [0.3, 0.4) is 0 Å². The molecule has 0 aliphatic heterocycles. The number of aromatic nitrogens is 3. The Balaban J connectivity index is 2.36. The minimum Gasteiger partial charge on any atom is -0.308 e. The molecule has 0 N–H and O–H groups in total. The molecule has 0 amide bonds. The van der Waals surface area contributed by atoms with Gasteiger partial charge in [-0.3, -0.25) is 9.48 Å². The summed E-state index contributed by atoms with van der Waals surface area (Å²) >= 11 is 0. The van der Waals surface area contributed by atoms with E-state index in [0.717, 1.165) is 5.69 Å². The topological polar surface area (TPSA) is 63.6 Å². The first kappa shape index (κ1) is 10.2. The second kappa shape index (κ2) is 4.03. The van der Waals surface area contributed by atoms with E-state index in [9.17, 15) is 4.79 Å². The third kappa shape index (κ3) is 1.86. The Bertz CT molecular complexity index is 603. The lowest BCUT2D eigenvalue weighted by atomic mass is 10.3. The van der Waals surface area contributed by atoms with Crippen molar-refractivity contribution in [3.63, 3.8) is 0 Å². The summed E-state index contributed by atoms with van der Waals surface area (Å²) in [4.78, 5) is 11.7. The van der Waals surface area contributed by atoms with Crippen LogP contribution in [-0.2, 0) is 13.6 Å². The molecule has 0 saturated carbocycles. The Labute approximate surface area is 92.2 Å². The third-order valence-electron chi connectivity index (χ3n) is 2.24. The van der Waals surface area contributed by atoms with Crippen molar-refractivity contribution >= 4 is 0 Å². The highest BCUT2D eigenvalue weighted by atomic mass is 16.1. The first-order chi connectivity index (χ1) is 7.70. The molecule has 0 bridgehead atoms. The Morgan fingerprint density at radius 2 is 2.25 bits per heavy atom. The van der Waals surface area contributed by atoms with Gasteiger partial charge in [-0.2, -0.15) is 10.4 Å². The molecule has 0 spiro atoms.